The average molecular weight is 534 g/mol. The van der Waals surface area contributed by atoms with Crippen molar-refractivity contribution >= 4 is 54.5 Å². The first-order valence-corrected chi connectivity index (χ1v) is 14.4. The third-order valence-corrected chi connectivity index (χ3v) is 9.14. The lowest BCUT2D eigenvalue weighted by Gasteiger charge is -2.13. The van der Waals surface area contributed by atoms with E-state index in [9.17, 15) is 0 Å². The Morgan fingerprint density at radius 3 is 2.00 bits per heavy atom. The molecule has 0 atom stereocenters. The molecule has 0 bridgehead atoms. The largest absolute Gasteiger partial charge is 0.455 e. The molecule has 2 nitrogen and oxygen atoms in total. The molecule has 0 fully saturated rings. The maximum absolute atomic E-state index is 6.51. The van der Waals surface area contributed by atoms with E-state index in [2.05, 4.69) is 138 Å². The quantitative estimate of drug-likeness (QED) is 0.216. The Morgan fingerprint density at radius 1 is 0.405 bits per heavy atom. The topological polar surface area (TPSA) is 18.1 Å². The maximum atomic E-state index is 6.51. The SMILES string of the molecule is c1cc(-c2ccc3c4c(cccc24)-c2ccccc2-3)cc(-n2c3ccccc3c3c4oc5ccccc5c4ccc32)c1. The van der Waals surface area contributed by atoms with Crippen molar-refractivity contribution in [3.05, 3.63) is 140 Å². The minimum atomic E-state index is 0.924. The van der Waals surface area contributed by atoms with Gasteiger partial charge in [0.05, 0.1) is 16.4 Å². The first-order chi connectivity index (χ1) is 20.8. The predicted molar refractivity (Wildman–Crippen MR) is 175 cm³/mol. The summed E-state index contributed by atoms with van der Waals surface area (Å²) in [5, 5.41) is 7.32. The molecule has 1 aliphatic carbocycles. The van der Waals surface area contributed by atoms with Crippen molar-refractivity contribution in [2.24, 2.45) is 0 Å². The molecule has 10 rings (SSSR count). The van der Waals surface area contributed by atoms with Crippen molar-refractivity contribution in [2.45, 2.75) is 0 Å². The third kappa shape index (κ3) is 2.78. The van der Waals surface area contributed by atoms with Gasteiger partial charge in [-0.25, -0.2) is 0 Å². The zero-order chi connectivity index (χ0) is 27.4. The summed E-state index contributed by atoms with van der Waals surface area (Å²) < 4.78 is 8.89. The minimum Gasteiger partial charge on any atom is -0.455 e. The average Bonchev–Trinajstić information content (AvgIpc) is 3.70. The molecule has 2 heterocycles. The van der Waals surface area contributed by atoms with Gasteiger partial charge in [0.2, 0.25) is 0 Å². The lowest BCUT2D eigenvalue weighted by molar-refractivity contribution is 0.673. The van der Waals surface area contributed by atoms with Crippen LogP contribution < -0.4 is 0 Å². The first kappa shape index (κ1) is 22.1. The van der Waals surface area contributed by atoms with Crippen molar-refractivity contribution in [3.8, 4) is 39.1 Å². The lowest BCUT2D eigenvalue weighted by Crippen LogP contribution is -1.94. The Hall–Kier alpha value is -5.60. The van der Waals surface area contributed by atoms with Gasteiger partial charge in [-0.15, -0.1) is 0 Å². The molecular formula is C40H23NO. The summed E-state index contributed by atoms with van der Waals surface area (Å²) in [4.78, 5) is 0. The smallest absolute Gasteiger partial charge is 0.145 e. The summed E-state index contributed by atoms with van der Waals surface area (Å²) in [7, 11) is 0. The van der Waals surface area contributed by atoms with Crippen molar-refractivity contribution in [1.82, 2.24) is 4.57 Å². The fraction of sp³-hybridized carbons (Fsp3) is 0. The first-order valence-electron chi connectivity index (χ1n) is 14.4. The zero-order valence-corrected chi connectivity index (χ0v) is 22.6. The number of para-hydroxylation sites is 2. The number of rotatable bonds is 2. The second kappa shape index (κ2) is 7.99. The number of aromatic nitrogens is 1. The maximum Gasteiger partial charge on any atom is 0.145 e. The molecule has 0 N–H and O–H groups in total. The van der Waals surface area contributed by atoms with Crippen LogP contribution >= 0.6 is 0 Å². The highest BCUT2D eigenvalue weighted by Gasteiger charge is 2.23. The Labute approximate surface area is 241 Å². The van der Waals surface area contributed by atoms with E-state index in [0.717, 1.165) is 38.5 Å². The highest BCUT2D eigenvalue weighted by Crippen LogP contribution is 2.49. The Bertz CT molecular complexity index is 2550. The third-order valence-electron chi connectivity index (χ3n) is 9.14. The summed E-state index contributed by atoms with van der Waals surface area (Å²) in [5.74, 6) is 0. The van der Waals surface area contributed by atoms with Crippen molar-refractivity contribution < 1.29 is 4.42 Å². The fourth-order valence-corrected chi connectivity index (χ4v) is 7.39. The van der Waals surface area contributed by atoms with Gasteiger partial charge in [0.15, 0.2) is 0 Å². The van der Waals surface area contributed by atoms with Crippen LogP contribution in [-0.4, -0.2) is 4.57 Å². The zero-order valence-electron chi connectivity index (χ0n) is 22.6. The van der Waals surface area contributed by atoms with E-state index in [0.29, 0.717) is 0 Å². The molecule has 2 aromatic heterocycles. The summed E-state index contributed by atoms with van der Waals surface area (Å²) in [6, 6.07) is 50.5. The standard InChI is InChI=1S/C40H23NO/c1-2-12-28-27(11-1)31-16-8-15-30-26(19-20-32(28)38(30)31)24-9-7-10-25(23-24)41-35-17-5-3-14-34(35)39-36(41)22-21-33-29-13-4-6-18-37(29)42-40(33)39/h1-23H. The molecule has 0 unspecified atom stereocenters. The van der Waals surface area contributed by atoms with Crippen LogP contribution in [0.5, 0.6) is 0 Å². The molecule has 42 heavy (non-hydrogen) atoms. The molecule has 1 aliphatic rings. The summed E-state index contributed by atoms with van der Waals surface area (Å²) in [6.07, 6.45) is 0. The van der Waals surface area contributed by atoms with Crippen LogP contribution in [0, 0.1) is 0 Å². The van der Waals surface area contributed by atoms with Gasteiger partial charge in [0.1, 0.15) is 11.2 Å². The van der Waals surface area contributed by atoms with E-state index in [4.69, 9.17) is 4.42 Å². The van der Waals surface area contributed by atoms with Gasteiger partial charge >= 0.3 is 0 Å². The van der Waals surface area contributed by atoms with E-state index in [-0.39, 0.29) is 0 Å². The van der Waals surface area contributed by atoms with E-state index in [1.807, 2.05) is 6.07 Å². The van der Waals surface area contributed by atoms with Crippen LogP contribution in [0.1, 0.15) is 0 Å². The van der Waals surface area contributed by atoms with Crippen LogP contribution in [0.3, 0.4) is 0 Å². The molecule has 0 saturated heterocycles. The molecule has 9 aromatic rings. The number of furan rings is 1. The van der Waals surface area contributed by atoms with E-state index in [1.165, 1.54) is 55.1 Å². The number of hydrogen-bond acceptors (Lipinski definition) is 1. The van der Waals surface area contributed by atoms with Crippen molar-refractivity contribution in [3.63, 3.8) is 0 Å². The van der Waals surface area contributed by atoms with Crippen LogP contribution in [0.25, 0.3) is 93.6 Å². The fourth-order valence-electron chi connectivity index (χ4n) is 7.39. The highest BCUT2D eigenvalue weighted by atomic mass is 16.3. The predicted octanol–water partition coefficient (Wildman–Crippen LogP) is 11.2. The number of nitrogens with zero attached hydrogens (tertiary/aromatic N) is 1. The van der Waals surface area contributed by atoms with E-state index >= 15 is 0 Å². The van der Waals surface area contributed by atoms with Crippen LogP contribution in [-0.2, 0) is 0 Å². The summed E-state index contributed by atoms with van der Waals surface area (Å²) in [6.45, 7) is 0. The Morgan fingerprint density at radius 2 is 1.10 bits per heavy atom. The van der Waals surface area contributed by atoms with Crippen molar-refractivity contribution in [2.75, 3.05) is 0 Å². The molecule has 0 radical (unpaired) electrons. The highest BCUT2D eigenvalue weighted by molar-refractivity contribution is 6.24. The number of benzene rings is 7. The van der Waals surface area contributed by atoms with Gasteiger partial charge in [-0.05, 0) is 80.6 Å². The van der Waals surface area contributed by atoms with Gasteiger partial charge in [0, 0.05) is 21.8 Å². The molecule has 0 aliphatic heterocycles. The van der Waals surface area contributed by atoms with Crippen molar-refractivity contribution in [1.29, 1.82) is 0 Å². The monoisotopic (exact) mass is 533 g/mol. The van der Waals surface area contributed by atoms with Gasteiger partial charge < -0.3 is 8.98 Å². The minimum absolute atomic E-state index is 0.924. The Balaban J connectivity index is 1.23. The molecule has 0 saturated carbocycles. The normalized spacial score (nSPS) is 12.3. The van der Waals surface area contributed by atoms with Crippen LogP contribution in [0.15, 0.2) is 144 Å². The van der Waals surface area contributed by atoms with Crippen LogP contribution in [0.2, 0.25) is 0 Å². The molecular weight excluding hydrogens is 510 g/mol. The second-order valence-electron chi connectivity index (χ2n) is 11.3. The van der Waals surface area contributed by atoms with Crippen LogP contribution in [0.4, 0.5) is 0 Å². The number of fused-ring (bicyclic) bond motifs is 10. The Kier molecular flexibility index (Phi) is 4.21. The molecule has 0 amide bonds. The molecule has 194 valence electrons. The molecule has 2 heteroatoms. The lowest BCUT2D eigenvalue weighted by atomic mass is 9.94. The second-order valence-corrected chi connectivity index (χ2v) is 11.3. The van der Waals surface area contributed by atoms with Gasteiger partial charge in [-0.3, -0.25) is 0 Å². The summed E-state index contributed by atoms with van der Waals surface area (Å²) >= 11 is 0. The van der Waals surface area contributed by atoms with Gasteiger partial charge in [0.25, 0.3) is 0 Å². The molecule has 0 spiro atoms. The summed E-state index contributed by atoms with van der Waals surface area (Å²) in [5.41, 5.74) is 13.1. The van der Waals surface area contributed by atoms with E-state index < -0.39 is 0 Å². The van der Waals surface area contributed by atoms with Gasteiger partial charge in [-0.2, -0.15) is 0 Å². The van der Waals surface area contributed by atoms with E-state index in [1.54, 1.807) is 0 Å². The number of hydrogen-bond donors (Lipinski definition) is 0. The van der Waals surface area contributed by atoms with Gasteiger partial charge in [-0.1, -0.05) is 103 Å². The molecule has 7 aromatic carbocycles.